The Hall–Kier alpha value is -2.73. The quantitative estimate of drug-likeness (QED) is 0.779. The molecule has 6 nitrogen and oxygen atoms in total. The van der Waals surface area contributed by atoms with Gasteiger partial charge >= 0.3 is 0 Å². The van der Waals surface area contributed by atoms with Crippen LogP contribution in [0.3, 0.4) is 0 Å². The Labute approximate surface area is 133 Å². The van der Waals surface area contributed by atoms with Crippen LogP contribution in [0.1, 0.15) is 22.0 Å². The smallest absolute Gasteiger partial charge is 0.254 e. The highest BCUT2D eigenvalue weighted by atomic mass is 16.2. The first-order valence-electron chi connectivity index (χ1n) is 7.68. The van der Waals surface area contributed by atoms with Crippen molar-refractivity contribution in [2.75, 3.05) is 19.6 Å². The zero-order valence-corrected chi connectivity index (χ0v) is 12.6. The molecule has 6 heteroatoms. The molecule has 0 saturated carbocycles. The number of piperazine rings is 1. The number of nitrogens with zero attached hydrogens (tertiary/aromatic N) is 4. The summed E-state index contributed by atoms with van der Waals surface area (Å²) in [6.07, 6.45) is 3.44. The predicted molar refractivity (Wildman–Crippen MR) is 86.1 cm³/mol. The molecule has 4 rings (SSSR count). The summed E-state index contributed by atoms with van der Waals surface area (Å²) in [5.74, 6) is 0.0398. The second-order valence-corrected chi connectivity index (χ2v) is 5.68. The van der Waals surface area contributed by atoms with E-state index in [4.69, 9.17) is 0 Å². The Bertz CT molecular complexity index is 829. The molecule has 3 aromatic rings. The summed E-state index contributed by atoms with van der Waals surface area (Å²) < 4.78 is 1.79. The number of pyridine rings is 1. The van der Waals surface area contributed by atoms with Crippen LogP contribution >= 0.6 is 0 Å². The van der Waals surface area contributed by atoms with Crippen LogP contribution in [-0.2, 0) is 0 Å². The van der Waals surface area contributed by atoms with Crippen LogP contribution in [0.4, 0.5) is 0 Å². The van der Waals surface area contributed by atoms with Crippen molar-refractivity contribution < 1.29 is 4.79 Å². The third-order valence-electron chi connectivity index (χ3n) is 4.21. The first-order valence-corrected chi connectivity index (χ1v) is 7.68. The van der Waals surface area contributed by atoms with E-state index in [-0.39, 0.29) is 11.9 Å². The van der Waals surface area contributed by atoms with Crippen molar-refractivity contribution in [3.05, 3.63) is 66.1 Å². The standard InChI is InChI=1S/C17H17N5O/c23-17(14-6-8-22-12-19-20-16(22)10-14)21-9-7-18-15(11-21)13-4-2-1-3-5-13/h1-6,8,10,12,15,18H,7,9,11H2/t15-/m0/s1. The third-order valence-corrected chi connectivity index (χ3v) is 4.21. The number of aromatic nitrogens is 3. The second kappa shape index (κ2) is 5.81. The molecule has 1 aliphatic heterocycles. The Morgan fingerprint density at radius 3 is 2.96 bits per heavy atom. The molecule has 1 aliphatic rings. The molecule has 1 N–H and O–H groups in total. The Kier molecular flexibility index (Phi) is 3.51. The summed E-state index contributed by atoms with van der Waals surface area (Å²) in [6.45, 7) is 2.17. The highest BCUT2D eigenvalue weighted by Crippen LogP contribution is 2.19. The Morgan fingerprint density at radius 1 is 1.22 bits per heavy atom. The molecule has 0 bridgehead atoms. The van der Waals surface area contributed by atoms with E-state index >= 15 is 0 Å². The van der Waals surface area contributed by atoms with Crippen LogP contribution in [0.2, 0.25) is 0 Å². The SMILES string of the molecule is O=C(c1ccn2cnnc2c1)N1CCN[C@H](c2ccccc2)C1. The molecule has 1 saturated heterocycles. The van der Waals surface area contributed by atoms with Gasteiger partial charge in [0.1, 0.15) is 6.33 Å². The number of carbonyl (C=O) groups excluding carboxylic acids is 1. The Balaban J connectivity index is 1.55. The van der Waals surface area contributed by atoms with Crippen LogP contribution in [0.25, 0.3) is 5.65 Å². The fourth-order valence-corrected chi connectivity index (χ4v) is 2.98. The molecule has 0 spiro atoms. The normalized spacial score (nSPS) is 18.3. The van der Waals surface area contributed by atoms with Crippen molar-refractivity contribution in [3.63, 3.8) is 0 Å². The lowest BCUT2D eigenvalue weighted by Crippen LogP contribution is -2.48. The van der Waals surface area contributed by atoms with E-state index in [1.165, 1.54) is 5.56 Å². The van der Waals surface area contributed by atoms with E-state index in [0.717, 1.165) is 6.54 Å². The number of carbonyl (C=O) groups is 1. The predicted octanol–water partition coefficient (Wildman–Crippen LogP) is 1.52. The van der Waals surface area contributed by atoms with Gasteiger partial charge < -0.3 is 10.2 Å². The molecule has 1 atom stereocenters. The fraction of sp³-hybridized carbons (Fsp3) is 0.235. The highest BCUT2D eigenvalue weighted by Gasteiger charge is 2.25. The van der Waals surface area contributed by atoms with Gasteiger partial charge in [0, 0.05) is 37.4 Å². The molecular formula is C17H17N5O. The summed E-state index contributed by atoms with van der Waals surface area (Å²) in [7, 11) is 0. The van der Waals surface area contributed by atoms with Crippen molar-refractivity contribution in [1.29, 1.82) is 0 Å². The maximum Gasteiger partial charge on any atom is 0.254 e. The van der Waals surface area contributed by atoms with Crippen LogP contribution in [0, 0.1) is 0 Å². The summed E-state index contributed by atoms with van der Waals surface area (Å²) >= 11 is 0. The summed E-state index contributed by atoms with van der Waals surface area (Å²) in [4.78, 5) is 14.7. The van der Waals surface area contributed by atoms with Gasteiger partial charge in [-0.3, -0.25) is 9.20 Å². The number of rotatable bonds is 2. The summed E-state index contributed by atoms with van der Waals surface area (Å²) in [6, 6.07) is 14.0. The minimum Gasteiger partial charge on any atom is -0.335 e. The molecule has 116 valence electrons. The van der Waals surface area contributed by atoms with Crippen LogP contribution < -0.4 is 5.32 Å². The van der Waals surface area contributed by atoms with Crippen molar-refractivity contribution in [2.24, 2.45) is 0 Å². The lowest BCUT2D eigenvalue weighted by atomic mass is 10.0. The minimum atomic E-state index is 0.0398. The molecule has 2 aromatic heterocycles. The van der Waals surface area contributed by atoms with Gasteiger partial charge in [0.15, 0.2) is 5.65 Å². The molecule has 3 heterocycles. The van der Waals surface area contributed by atoms with Gasteiger partial charge in [-0.2, -0.15) is 0 Å². The largest absolute Gasteiger partial charge is 0.335 e. The third kappa shape index (κ3) is 2.68. The van der Waals surface area contributed by atoms with E-state index in [2.05, 4.69) is 27.6 Å². The lowest BCUT2D eigenvalue weighted by molar-refractivity contribution is 0.0703. The van der Waals surface area contributed by atoms with Gasteiger partial charge in [-0.25, -0.2) is 0 Å². The number of benzene rings is 1. The monoisotopic (exact) mass is 307 g/mol. The number of hydrogen-bond donors (Lipinski definition) is 1. The maximum absolute atomic E-state index is 12.8. The fourth-order valence-electron chi connectivity index (χ4n) is 2.98. The highest BCUT2D eigenvalue weighted by molar-refractivity contribution is 5.95. The molecule has 1 fully saturated rings. The average Bonchev–Trinajstić information content (AvgIpc) is 3.09. The van der Waals surface area contributed by atoms with Crippen LogP contribution in [0.5, 0.6) is 0 Å². The van der Waals surface area contributed by atoms with E-state index < -0.39 is 0 Å². The molecule has 0 unspecified atom stereocenters. The second-order valence-electron chi connectivity index (χ2n) is 5.68. The molecule has 1 amide bonds. The number of amides is 1. The Morgan fingerprint density at radius 2 is 2.09 bits per heavy atom. The summed E-state index contributed by atoms with van der Waals surface area (Å²) in [5, 5.41) is 11.3. The van der Waals surface area contributed by atoms with Crippen molar-refractivity contribution >= 4 is 11.6 Å². The van der Waals surface area contributed by atoms with Gasteiger partial charge in [-0.15, -0.1) is 10.2 Å². The van der Waals surface area contributed by atoms with E-state index in [0.29, 0.717) is 24.3 Å². The average molecular weight is 307 g/mol. The zero-order chi connectivity index (χ0) is 15.6. The maximum atomic E-state index is 12.8. The number of nitrogens with one attached hydrogen (secondary N) is 1. The van der Waals surface area contributed by atoms with E-state index in [1.807, 2.05) is 35.4 Å². The minimum absolute atomic E-state index is 0.0398. The number of fused-ring (bicyclic) bond motifs is 1. The van der Waals surface area contributed by atoms with Gasteiger partial charge in [-0.1, -0.05) is 30.3 Å². The molecule has 1 aromatic carbocycles. The summed E-state index contributed by atoms with van der Waals surface area (Å²) in [5.41, 5.74) is 2.54. The first-order chi connectivity index (χ1) is 11.3. The van der Waals surface area contributed by atoms with Crippen LogP contribution in [0.15, 0.2) is 55.0 Å². The molecule has 23 heavy (non-hydrogen) atoms. The lowest BCUT2D eigenvalue weighted by Gasteiger charge is -2.34. The van der Waals surface area contributed by atoms with Gasteiger partial charge in [0.05, 0.1) is 0 Å². The molecular weight excluding hydrogens is 290 g/mol. The molecule has 0 aliphatic carbocycles. The zero-order valence-electron chi connectivity index (χ0n) is 12.6. The van der Waals surface area contributed by atoms with E-state index in [1.54, 1.807) is 16.8 Å². The first kappa shape index (κ1) is 13.9. The van der Waals surface area contributed by atoms with Crippen molar-refractivity contribution in [2.45, 2.75) is 6.04 Å². The molecule has 0 radical (unpaired) electrons. The topological polar surface area (TPSA) is 62.5 Å². The van der Waals surface area contributed by atoms with Gasteiger partial charge in [0.2, 0.25) is 0 Å². The number of hydrogen-bond acceptors (Lipinski definition) is 4. The van der Waals surface area contributed by atoms with Gasteiger partial charge in [-0.05, 0) is 17.7 Å². The van der Waals surface area contributed by atoms with Crippen molar-refractivity contribution in [3.8, 4) is 0 Å². The van der Waals surface area contributed by atoms with Gasteiger partial charge in [0.25, 0.3) is 5.91 Å². The van der Waals surface area contributed by atoms with Crippen molar-refractivity contribution in [1.82, 2.24) is 24.8 Å². The van der Waals surface area contributed by atoms with Crippen LogP contribution in [-0.4, -0.2) is 45.0 Å². The van der Waals surface area contributed by atoms with E-state index in [9.17, 15) is 4.79 Å².